The first-order chi connectivity index (χ1) is 12.4. The van der Waals surface area contributed by atoms with Crippen LogP contribution >= 0.6 is 12.4 Å². The fourth-order valence-electron chi connectivity index (χ4n) is 2.89. The molecule has 0 aliphatic carbocycles. The van der Waals surface area contributed by atoms with Gasteiger partial charge in [-0.05, 0) is 62.5 Å². The molecule has 1 amide bonds. The van der Waals surface area contributed by atoms with Crippen LogP contribution in [0.2, 0.25) is 0 Å². The monoisotopic (exact) mass is 404 g/mol. The predicted molar refractivity (Wildman–Crippen MR) is 95.4 cm³/mol. The van der Waals surface area contributed by atoms with Gasteiger partial charge in [0.25, 0.3) is 0 Å². The lowest BCUT2D eigenvalue weighted by Crippen LogP contribution is -2.28. The molecular weight excluding hydrogens is 385 g/mol. The number of nitrogens with one attached hydrogen (secondary N) is 2. The molecule has 1 aromatic carbocycles. The molecule has 1 aliphatic heterocycles. The maximum absolute atomic E-state index is 12.5. The molecule has 6 nitrogen and oxygen atoms in total. The Morgan fingerprint density at radius 1 is 1.22 bits per heavy atom. The smallest absolute Gasteiger partial charge is 0.329 e. The number of anilines is 1. The van der Waals surface area contributed by atoms with Gasteiger partial charge in [-0.2, -0.15) is 18.2 Å². The standard InChI is InChI=1S/C17H19F3N4O2.ClH/c18-17(19,20)16-23-15(24-26-16)12-2-4-13(5-3-12)22-14(25)6-1-11-7-9-21-10-8-11;/h2-5,11,21H,1,6-10H2,(H,22,25);1H. The topological polar surface area (TPSA) is 80.0 Å². The molecule has 0 bridgehead atoms. The van der Waals surface area contributed by atoms with Crippen LogP contribution in [0.4, 0.5) is 18.9 Å². The third-order valence-electron chi connectivity index (χ3n) is 4.33. The van der Waals surface area contributed by atoms with Crippen molar-refractivity contribution in [3.63, 3.8) is 0 Å². The Kier molecular flexibility index (Phi) is 7.20. The summed E-state index contributed by atoms with van der Waals surface area (Å²) < 4.78 is 41.7. The zero-order valence-electron chi connectivity index (χ0n) is 14.4. The van der Waals surface area contributed by atoms with Crippen LogP contribution in [0.25, 0.3) is 11.4 Å². The molecule has 2 N–H and O–H groups in total. The Morgan fingerprint density at radius 3 is 2.48 bits per heavy atom. The van der Waals surface area contributed by atoms with Gasteiger partial charge in [0.1, 0.15) is 0 Å². The number of piperidine rings is 1. The molecule has 0 radical (unpaired) electrons. The average molecular weight is 405 g/mol. The van der Waals surface area contributed by atoms with Crippen molar-refractivity contribution in [2.45, 2.75) is 31.9 Å². The van der Waals surface area contributed by atoms with E-state index in [2.05, 4.69) is 25.3 Å². The predicted octanol–water partition coefficient (Wildman–Crippen LogP) is 3.90. The van der Waals surface area contributed by atoms with Gasteiger partial charge in [0, 0.05) is 17.7 Å². The van der Waals surface area contributed by atoms with E-state index >= 15 is 0 Å². The summed E-state index contributed by atoms with van der Waals surface area (Å²) in [5.74, 6) is -1.04. The summed E-state index contributed by atoms with van der Waals surface area (Å²) >= 11 is 0. The van der Waals surface area contributed by atoms with E-state index in [1.807, 2.05) is 0 Å². The molecule has 1 aromatic heterocycles. The summed E-state index contributed by atoms with van der Waals surface area (Å²) in [4.78, 5) is 15.4. The first kappa shape index (κ1) is 21.2. The zero-order chi connectivity index (χ0) is 18.6. The third-order valence-corrected chi connectivity index (χ3v) is 4.33. The molecule has 1 saturated heterocycles. The molecule has 27 heavy (non-hydrogen) atoms. The van der Waals surface area contributed by atoms with Gasteiger partial charge in [-0.15, -0.1) is 12.4 Å². The number of carbonyl (C=O) groups excluding carboxylic acids is 1. The second-order valence-electron chi connectivity index (χ2n) is 6.28. The zero-order valence-corrected chi connectivity index (χ0v) is 15.2. The van der Waals surface area contributed by atoms with Crippen molar-refractivity contribution in [2.75, 3.05) is 18.4 Å². The van der Waals surface area contributed by atoms with Gasteiger partial charge in [-0.3, -0.25) is 4.79 Å². The molecule has 10 heteroatoms. The summed E-state index contributed by atoms with van der Waals surface area (Å²) in [6.45, 7) is 2.00. The van der Waals surface area contributed by atoms with Gasteiger partial charge in [0.15, 0.2) is 0 Å². The van der Waals surface area contributed by atoms with Crippen LogP contribution in [-0.2, 0) is 11.0 Å². The Bertz CT molecular complexity index is 743. The highest BCUT2D eigenvalue weighted by Crippen LogP contribution is 2.29. The molecule has 0 spiro atoms. The van der Waals surface area contributed by atoms with Crippen LogP contribution in [0.15, 0.2) is 28.8 Å². The number of alkyl halides is 3. The van der Waals surface area contributed by atoms with Gasteiger partial charge >= 0.3 is 12.1 Å². The summed E-state index contributed by atoms with van der Waals surface area (Å²) in [5.41, 5.74) is 0.945. The molecular formula is C17H20ClF3N4O2. The second kappa shape index (κ2) is 9.18. The van der Waals surface area contributed by atoms with Gasteiger partial charge in [-0.1, -0.05) is 5.16 Å². The molecule has 148 valence electrons. The highest BCUT2D eigenvalue weighted by molar-refractivity contribution is 5.90. The second-order valence-corrected chi connectivity index (χ2v) is 6.28. The molecule has 0 saturated carbocycles. The first-order valence-electron chi connectivity index (χ1n) is 8.44. The normalized spacial score (nSPS) is 15.2. The van der Waals surface area contributed by atoms with E-state index in [4.69, 9.17) is 0 Å². The van der Waals surface area contributed by atoms with E-state index in [1.54, 1.807) is 12.1 Å². The molecule has 2 aromatic rings. The molecule has 0 unspecified atom stereocenters. The Labute approximate surface area is 160 Å². The molecule has 3 rings (SSSR count). The van der Waals surface area contributed by atoms with Crippen molar-refractivity contribution in [1.82, 2.24) is 15.5 Å². The number of nitrogens with zero attached hydrogens (tertiary/aromatic N) is 2. The van der Waals surface area contributed by atoms with E-state index in [-0.39, 0.29) is 24.1 Å². The van der Waals surface area contributed by atoms with Crippen molar-refractivity contribution in [3.05, 3.63) is 30.2 Å². The van der Waals surface area contributed by atoms with Crippen LogP contribution < -0.4 is 10.6 Å². The van der Waals surface area contributed by atoms with Crippen molar-refractivity contribution < 1.29 is 22.5 Å². The van der Waals surface area contributed by atoms with Crippen LogP contribution in [0.3, 0.4) is 0 Å². The Balaban J connectivity index is 0.00000261. The number of carbonyl (C=O) groups is 1. The minimum absolute atomic E-state index is 0. The van der Waals surface area contributed by atoms with Crippen LogP contribution in [0.5, 0.6) is 0 Å². The summed E-state index contributed by atoms with van der Waals surface area (Å²) in [5, 5.41) is 9.41. The molecule has 1 fully saturated rings. The number of hydrogen-bond donors (Lipinski definition) is 2. The fraction of sp³-hybridized carbons (Fsp3) is 0.471. The highest BCUT2D eigenvalue weighted by Gasteiger charge is 2.38. The van der Waals surface area contributed by atoms with Crippen LogP contribution in [0, 0.1) is 5.92 Å². The Hall–Kier alpha value is -2.13. The molecule has 1 aliphatic rings. The van der Waals surface area contributed by atoms with Gasteiger partial charge < -0.3 is 15.2 Å². The van der Waals surface area contributed by atoms with E-state index in [9.17, 15) is 18.0 Å². The lowest BCUT2D eigenvalue weighted by atomic mass is 9.93. The maximum Gasteiger partial charge on any atom is 0.471 e. The number of hydrogen-bond acceptors (Lipinski definition) is 5. The number of aromatic nitrogens is 2. The summed E-state index contributed by atoms with van der Waals surface area (Å²) in [7, 11) is 0. The van der Waals surface area contributed by atoms with Crippen molar-refractivity contribution >= 4 is 24.0 Å². The minimum Gasteiger partial charge on any atom is -0.329 e. The van der Waals surface area contributed by atoms with Gasteiger partial charge in [0.2, 0.25) is 11.7 Å². The maximum atomic E-state index is 12.5. The lowest BCUT2D eigenvalue weighted by molar-refractivity contribution is -0.159. The van der Waals surface area contributed by atoms with E-state index in [1.165, 1.54) is 12.1 Å². The van der Waals surface area contributed by atoms with Crippen molar-refractivity contribution in [1.29, 1.82) is 0 Å². The Morgan fingerprint density at radius 2 is 1.89 bits per heavy atom. The lowest BCUT2D eigenvalue weighted by Gasteiger charge is -2.22. The highest BCUT2D eigenvalue weighted by atomic mass is 35.5. The van der Waals surface area contributed by atoms with E-state index in [0.717, 1.165) is 32.4 Å². The van der Waals surface area contributed by atoms with Crippen LogP contribution in [-0.4, -0.2) is 29.1 Å². The summed E-state index contributed by atoms with van der Waals surface area (Å²) in [6.07, 6.45) is -1.19. The third kappa shape index (κ3) is 5.93. The largest absolute Gasteiger partial charge is 0.471 e. The van der Waals surface area contributed by atoms with Gasteiger partial charge in [0.05, 0.1) is 0 Å². The van der Waals surface area contributed by atoms with Crippen LogP contribution in [0.1, 0.15) is 31.6 Å². The number of benzene rings is 1. The van der Waals surface area contributed by atoms with E-state index < -0.39 is 12.1 Å². The van der Waals surface area contributed by atoms with E-state index in [0.29, 0.717) is 23.6 Å². The minimum atomic E-state index is -4.67. The summed E-state index contributed by atoms with van der Waals surface area (Å²) in [6, 6.07) is 6.27. The molecule has 0 atom stereocenters. The number of amides is 1. The SMILES string of the molecule is Cl.O=C(CCC1CCNCC1)Nc1ccc(-c2noc(C(F)(F)F)n2)cc1. The molecule has 2 heterocycles. The van der Waals surface area contributed by atoms with Gasteiger partial charge in [-0.25, -0.2) is 0 Å². The fourth-order valence-corrected chi connectivity index (χ4v) is 2.89. The average Bonchev–Trinajstić information content (AvgIpc) is 3.12. The quantitative estimate of drug-likeness (QED) is 0.790. The van der Waals surface area contributed by atoms with Crippen molar-refractivity contribution in [2.24, 2.45) is 5.92 Å². The van der Waals surface area contributed by atoms with Crippen molar-refractivity contribution in [3.8, 4) is 11.4 Å². The number of rotatable bonds is 5. The first-order valence-corrected chi connectivity index (χ1v) is 8.44. The number of halogens is 4.